The third kappa shape index (κ3) is 4.33. The Morgan fingerprint density at radius 2 is 1.88 bits per heavy atom. The SMILES string of the molecule is CO[C@@H]1CN2CCC[C@]2(COc2nc(N3CC4CCC(C4)C3)c3cnc(-c4cccc5cccc(Cl)c45)c(F)c3n2)C1. The fraction of sp³-hybridized carbons (Fsp3) is 0.485. The van der Waals surface area contributed by atoms with Gasteiger partial charge in [-0.25, -0.2) is 4.39 Å². The van der Waals surface area contributed by atoms with Gasteiger partial charge in [-0.1, -0.05) is 41.9 Å². The van der Waals surface area contributed by atoms with E-state index in [0.29, 0.717) is 34.4 Å². The van der Waals surface area contributed by atoms with E-state index in [1.165, 1.54) is 19.3 Å². The summed E-state index contributed by atoms with van der Waals surface area (Å²) in [5, 5.41) is 2.90. The third-order valence-electron chi connectivity index (χ3n) is 10.2. The Kier molecular flexibility index (Phi) is 6.50. The molecule has 8 rings (SSSR count). The Bertz CT molecular complexity index is 1670. The van der Waals surface area contributed by atoms with Gasteiger partial charge < -0.3 is 14.4 Å². The second kappa shape index (κ2) is 10.3. The molecule has 9 heteroatoms. The summed E-state index contributed by atoms with van der Waals surface area (Å²) >= 11 is 6.62. The molecule has 4 aliphatic rings. The van der Waals surface area contributed by atoms with Gasteiger partial charge in [-0.3, -0.25) is 9.88 Å². The molecule has 2 bridgehead atoms. The van der Waals surface area contributed by atoms with E-state index in [1.807, 2.05) is 36.4 Å². The van der Waals surface area contributed by atoms with Crippen LogP contribution in [0.4, 0.5) is 10.2 Å². The van der Waals surface area contributed by atoms with Crippen LogP contribution in [0.2, 0.25) is 5.02 Å². The highest BCUT2D eigenvalue weighted by Gasteiger charge is 2.49. The molecule has 4 aromatic rings. The number of hydrogen-bond donors (Lipinski definition) is 0. The summed E-state index contributed by atoms with van der Waals surface area (Å²) in [7, 11) is 1.78. The summed E-state index contributed by atoms with van der Waals surface area (Å²) in [6.45, 7) is 4.25. The molecule has 1 saturated carbocycles. The van der Waals surface area contributed by atoms with Gasteiger partial charge in [-0.15, -0.1) is 0 Å². The zero-order chi connectivity index (χ0) is 28.4. The van der Waals surface area contributed by atoms with Gasteiger partial charge in [0.2, 0.25) is 0 Å². The number of rotatable bonds is 6. The number of hydrogen-bond acceptors (Lipinski definition) is 7. The van der Waals surface area contributed by atoms with Crippen molar-refractivity contribution in [3.05, 3.63) is 53.4 Å². The Hall–Kier alpha value is -3.07. The van der Waals surface area contributed by atoms with E-state index in [2.05, 4.69) is 14.8 Å². The first kappa shape index (κ1) is 26.5. The lowest BCUT2D eigenvalue weighted by Gasteiger charge is -2.34. The highest BCUT2D eigenvalue weighted by Crippen LogP contribution is 2.43. The van der Waals surface area contributed by atoms with Crippen LogP contribution in [-0.4, -0.2) is 71.4 Å². The first-order chi connectivity index (χ1) is 20.5. The number of nitrogens with zero attached hydrogens (tertiary/aromatic N) is 5. The van der Waals surface area contributed by atoms with E-state index in [-0.39, 0.29) is 28.9 Å². The smallest absolute Gasteiger partial charge is 0.319 e. The Morgan fingerprint density at radius 1 is 1.07 bits per heavy atom. The number of benzene rings is 2. The zero-order valence-corrected chi connectivity index (χ0v) is 24.6. The number of pyridine rings is 1. The molecule has 0 spiro atoms. The molecule has 5 heterocycles. The van der Waals surface area contributed by atoms with Crippen LogP contribution >= 0.6 is 11.6 Å². The summed E-state index contributed by atoms with van der Waals surface area (Å²) in [6, 6.07) is 11.7. The molecule has 3 saturated heterocycles. The molecule has 1 aliphatic carbocycles. The maximum Gasteiger partial charge on any atom is 0.319 e. The van der Waals surface area contributed by atoms with Gasteiger partial charge in [0.15, 0.2) is 5.82 Å². The summed E-state index contributed by atoms with van der Waals surface area (Å²) in [5.41, 5.74) is 1.03. The Balaban J connectivity index is 1.23. The lowest BCUT2D eigenvalue weighted by molar-refractivity contribution is 0.0997. The van der Waals surface area contributed by atoms with Gasteiger partial charge >= 0.3 is 6.01 Å². The molecule has 4 fully saturated rings. The number of methoxy groups -OCH3 is 1. The van der Waals surface area contributed by atoms with Gasteiger partial charge in [-0.05, 0) is 68.4 Å². The van der Waals surface area contributed by atoms with Gasteiger partial charge in [0.05, 0.1) is 17.0 Å². The van der Waals surface area contributed by atoms with Crippen molar-refractivity contribution in [2.24, 2.45) is 11.8 Å². The number of fused-ring (bicyclic) bond motifs is 5. The predicted octanol–water partition coefficient (Wildman–Crippen LogP) is 6.51. The molecule has 4 atom stereocenters. The minimum atomic E-state index is -0.477. The van der Waals surface area contributed by atoms with E-state index in [9.17, 15) is 0 Å². The number of aromatic nitrogens is 3. The van der Waals surface area contributed by atoms with Crippen molar-refractivity contribution in [2.45, 2.75) is 50.2 Å². The summed E-state index contributed by atoms with van der Waals surface area (Å²) < 4.78 is 28.8. The molecule has 7 nitrogen and oxygen atoms in total. The van der Waals surface area contributed by atoms with E-state index < -0.39 is 5.82 Å². The van der Waals surface area contributed by atoms with Crippen LogP contribution in [0.25, 0.3) is 32.9 Å². The molecule has 0 amide bonds. The van der Waals surface area contributed by atoms with Crippen molar-refractivity contribution in [1.82, 2.24) is 19.9 Å². The number of piperidine rings is 1. The van der Waals surface area contributed by atoms with Crippen molar-refractivity contribution in [3.63, 3.8) is 0 Å². The molecular weight excluding hydrogens is 553 g/mol. The standard InChI is InChI=1S/C33H35ClFN5O2/c1-41-23-14-33(11-4-12-40(33)18-23)19-42-32-37-30-25(31(38-32)39-16-20-9-10-21(13-20)17-39)15-36-29(28(30)35)24-7-2-5-22-6-3-8-26(34)27(22)24/h2-3,5-8,15,20-21,23H,4,9-14,16-19H2,1H3/t20?,21?,23-,33+/m0/s1. The molecule has 0 radical (unpaired) electrons. The predicted molar refractivity (Wildman–Crippen MR) is 163 cm³/mol. The van der Waals surface area contributed by atoms with E-state index in [4.69, 9.17) is 31.0 Å². The minimum absolute atomic E-state index is 0.0922. The number of ether oxygens (including phenoxy) is 2. The van der Waals surface area contributed by atoms with Gasteiger partial charge in [0.25, 0.3) is 0 Å². The van der Waals surface area contributed by atoms with Crippen LogP contribution in [0.1, 0.15) is 38.5 Å². The Labute approximate surface area is 250 Å². The van der Waals surface area contributed by atoms with Crippen LogP contribution in [0.3, 0.4) is 0 Å². The van der Waals surface area contributed by atoms with Crippen LogP contribution in [0.5, 0.6) is 6.01 Å². The molecule has 218 valence electrons. The summed E-state index contributed by atoms with van der Waals surface area (Å²) in [6.07, 6.45) is 8.78. The third-order valence-corrected chi connectivity index (χ3v) is 10.5. The molecule has 2 aromatic heterocycles. The van der Waals surface area contributed by atoms with Crippen molar-refractivity contribution >= 4 is 39.1 Å². The molecule has 0 N–H and O–H groups in total. The molecule has 2 unspecified atom stereocenters. The van der Waals surface area contributed by atoms with E-state index >= 15 is 4.39 Å². The topological polar surface area (TPSA) is 63.6 Å². The fourth-order valence-corrected chi connectivity index (χ4v) is 8.50. The second-order valence-corrected chi connectivity index (χ2v) is 13.1. The second-order valence-electron chi connectivity index (χ2n) is 12.7. The maximum atomic E-state index is 16.7. The highest BCUT2D eigenvalue weighted by molar-refractivity contribution is 6.36. The molecule has 2 aromatic carbocycles. The highest BCUT2D eigenvalue weighted by atomic mass is 35.5. The first-order valence-electron chi connectivity index (χ1n) is 15.2. The zero-order valence-electron chi connectivity index (χ0n) is 23.9. The Morgan fingerprint density at radius 3 is 2.69 bits per heavy atom. The fourth-order valence-electron chi connectivity index (χ4n) is 8.21. The number of anilines is 1. The monoisotopic (exact) mass is 587 g/mol. The first-order valence-corrected chi connectivity index (χ1v) is 15.6. The summed E-state index contributed by atoms with van der Waals surface area (Å²) in [5.74, 6) is 1.53. The molecular formula is C33H35ClFN5O2. The van der Waals surface area contributed by atoms with Crippen molar-refractivity contribution in [3.8, 4) is 17.3 Å². The lowest BCUT2D eigenvalue weighted by Crippen LogP contribution is -2.43. The van der Waals surface area contributed by atoms with Crippen molar-refractivity contribution in [1.29, 1.82) is 0 Å². The largest absolute Gasteiger partial charge is 0.461 e. The minimum Gasteiger partial charge on any atom is -0.461 e. The van der Waals surface area contributed by atoms with Crippen molar-refractivity contribution < 1.29 is 13.9 Å². The summed E-state index contributed by atoms with van der Waals surface area (Å²) in [4.78, 5) is 19.2. The van der Waals surface area contributed by atoms with Gasteiger partial charge in [-0.2, -0.15) is 9.97 Å². The van der Waals surface area contributed by atoms with Crippen LogP contribution < -0.4 is 9.64 Å². The molecule has 42 heavy (non-hydrogen) atoms. The van der Waals surface area contributed by atoms with E-state index in [1.54, 1.807) is 13.3 Å². The normalized spacial score (nSPS) is 27.3. The van der Waals surface area contributed by atoms with Crippen LogP contribution in [0, 0.1) is 17.7 Å². The maximum absolute atomic E-state index is 16.7. The quantitative estimate of drug-likeness (QED) is 0.255. The average molecular weight is 588 g/mol. The van der Waals surface area contributed by atoms with Gasteiger partial charge in [0, 0.05) is 48.9 Å². The van der Waals surface area contributed by atoms with E-state index in [0.717, 1.165) is 62.0 Å². The van der Waals surface area contributed by atoms with Crippen molar-refractivity contribution in [2.75, 3.05) is 44.8 Å². The molecule has 3 aliphatic heterocycles. The number of halogens is 2. The van der Waals surface area contributed by atoms with Crippen LogP contribution in [0.15, 0.2) is 42.6 Å². The lowest BCUT2D eigenvalue weighted by atomic mass is 9.94. The average Bonchev–Trinajstić information content (AvgIpc) is 3.67. The van der Waals surface area contributed by atoms with Crippen LogP contribution in [-0.2, 0) is 4.74 Å². The van der Waals surface area contributed by atoms with Gasteiger partial charge in [0.1, 0.15) is 23.6 Å².